The van der Waals surface area contributed by atoms with Crippen LogP contribution in [0.25, 0.3) is 0 Å². The van der Waals surface area contributed by atoms with E-state index in [0.717, 1.165) is 6.42 Å². The van der Waals surface area contributed by atoms with Crippen molar-refractivity contribution in [1.29, 1.82) is 0 Å². The van der Waals surface area contributed by atoms with Gasteiger partial charge in [-0.2, -0.15) is 4.31 Å². The lowest BCUT2D eigenvalue weighted by atomic mass is 9.82. The average molecular weight is 414 g/mol. The molecule has 2 heterocycles. The van der Waals surface area contributed by atoms with Crippen LogP contribution in [0, 0.1) is 5.82 Å². The molecule has 3 rings (SSSR count). The van der Waals surface area contributed by atoms with Crippen LogP contribution in [0.5, 0.6) is 0 Å². The Bertz CT molecular complexity index is 824. The fourth-order valence-electron chi connectivity index (χ4n) is 4.02. The minimum absolute atomic E-state index is 0.00821. The number of nitrogens with zero attached hydrogens (tertiary/aromatic N) is 1. The molecule has 2 fully saturated rings. The summed E-state index contributed by atoms with van der Waals surface area (Å²) in [5.41, 5.74) is 0.315. The monoisotopic (exact) mass is 414 g/mol. The number of hydrogen-bond acceptors (Lipinski definition) is 5. The number of sulfonamides is 1. The Balaban J connectivity index is 1.85. The molecule has 7 nitrogen and oxygen atoms in total. The van der Waals surface area contributed by atoms with Crippen LogP contribution in [-0.4, -0.2) is 55.4 Å². The SMILES string of the molecule is C[C@H]1CCCS(=O)(=O)N1Cc1ccc(C2(NCC(=O)O)CCOCC2)cc1F. The summed E-state index contributed by atoms with van der Waals surface area (Å²) in [6.45, 7) is 2.54. The highest BCUT2D eigenvalue weighted by Crippen LogP contribution is 2.33. The number of ether oxygens (including phenoxy) is 1. The summed E-state index contributed by atoms with van der Waals surface area (Å²) < 4.78 is 46.4. The van der Waals surface area contributed by atoms with Gasteiger partial charge in [-0.1, -0.05) is 12.1 Å². The zero-order valence-corrected chi connectivity index (χ0v) is 16.8. The van der Waals surface area contributed by atoms with Crippen LogP contribution in [0.1, 0.15) is 43.7 Å². The maximum atomic E-state index is 14.9. The van der Waals surface area contributed by atoms with Crippen molar-refractivity contribution in [3.63, 3.8) is 0 Å². The molecule has 1 aromatic carbocycles. The van der Waals surface area contributed by atoms with Gasteiger partial charge in [-0.25, -0.2) is 12.8 Å². The molecule has 0 aliphatic carbocycles. The molecule has 0 bridgehead atoms. The van der Waals surface area contributed by atoms with Gasteiger partial charge in [-0.05, 0) is 44.2 Å². The van der Waals surface area contributed by atoms with Crippen molar-refractivity contribution in [3.8, 4) is 0 Å². The molecule has 0 unspecified atom stereocenters. The van der Waals surface area contributed by atoms with Crippen molar-refractivity contribution in [2.75, 3.05) is 25.5 Å². The van der Waals surface area contributed by atoms with Crippen molar-refractivity contribution >= 4 is 16.0 Å². The van der Waals surface area contributed by atoms with Crippen LogP contribution in [-0.2, 0) is 31.6 Å². The minimum atomic E-state index is -3.38. The zero-order chi connectivity index (χ0) is 20.4. The quantitative estimate of drug-likeness (QED) is 0.737. The Morgan fingerprint density at radius 3 is 2.71 bits per heavy atom. The number of carboxylic acid groups (broad SMARTS) is 1. The summed E-state index contributed by atoms with van der Waals surface area (Å²) in [4.78, 5) is 11.0. The first-order chi connectivity index (χ1) is 13.2. The molecule has 1 atom stereocenters. The molecule has 2 N–H and O–H groups in total. The number of nitrogens with one attached hydrogen (secondary N) is 1. The fraction of sp³-hybridized carbons (Fsp3) is 0.632. The van der Waals surface area contributed by atoms with E-state index in [2.05, 4.69) is 5.32 Å². The Labute approximate surface area is 164 Å². The maximum absolute atomic E-state index is 14.9. The van der Waals surface area contributed by atoms with Gasteiger partial charge in [0.1, 0.15) is 5.82 Å². The van der Waals surface area contributed by atoms with Crippen LogP contribution in [0.15, 0.2) is 18.2 Å². The van der Waals surface area contributed by atoms with E-state index < -0.39 is 27.3 Å². The molecule has 156 valence electrons. The standard InChI is InChI=1S/C19H27FN2O5S/c1-14-3-2-10-28(25,26)22(14)13-15-4-5-16(11-17(15)20)19(21-12-18(23)24)6-8-27-9-7-19/h4-5,11,14,21H,2-3,6-10,12-13H2,1H3,(H,23,24)/t14-/m0/s1. The van der Waals surface area contributed by atoms with E-state index in [1.807, 2.05) is 6.92 Å². The largest absolute Gasteiger partial charge is 0.480 e. The van der Waals surface area contributed by atoms with E-state index in [0.29, 0.717) is 43.6 Å². The van der Waals surface area contributed by atoms with Gasteiger partial charge in [0.2, 0.25) is 10.0 Å². The molecular formula is C19H27FN2O5S. The Kier molecular flexibility index (Phi) is 6.38. The predicted molar refractivity (Wildman–Crippen MR) is 102 cm³/mol. The van der Waals surface area contributed by atoms with Gasteiger partial charge in [0.25, 0.3) is 0 Å². The second kappa shape index (κ2) is 8.44. The van der Waals surface area contributed by atoms with Crippen LogP contribution in [0.4, 0.5) is 4.39 Å². The fourth-order valence-corrected chi connectivity index (χ4v) is 5.78. The van der Waals surface area contributed by atoms with Gasteiger partial charge in [0, 0.05) is 36.9 Å². The smallest absolute Gasteiger partial charge is 0.317 e. The second-order valence-electron chi connectivity index (χ2n) is 7.60. The zero-order valence-electron chi connectivity index (χ0n) is 16.0. The van der Waals surface area contributed by atoms with Gasteiger partial charge < -0.3 is 9.84 Å². The molecule has 0 radical (unpaired) electrons. The lowest BCUT2D eigenvalue weighted by molar-refractivity contribution is -0.136. The van der Waals surface area contributed by atoms with Crippen LogP contribution in [0.3, 0.4) is 0 Å². The number of halogens is 1. The van der Waals surface area contributed by atoms with E-state index in [4.69, 9.17) is 9.84 Å². The van der Waals surface area contributed by atoms with E-state index in [9.17, 15) is 17.6 Å². The summed E-state index contributed by atoms with van der Waals surface area (Å²) in [6, 6.07) is 4.62. The minimum Gasteiger partial charge on any atom is -0.480 e. The highest BCUT2D eigenvalue weighted by Gasteiger charge is 2.36. The molecule has 0 amide bonds. The lowest BCUT2D eigenvalue weighted by Crippen LogP contribution is -2.48. The summed E-state index contributed by atoms with van der Waals surface area (Å²) in [6.07, 6.45) is 2.47. The summed E-state index contributed by atoms with van der Waals surface area (Å²) in [5.74, 6) is -1.36. The number of carboxylic acids is 1. The highest BCUT2D eigenvalue weighted by atomic mass is 32.2. The molecule has 0 saturated carbocycles. The molecule has 2 aliphatic heterocycles. The summed E-state index contributed by atoms with van der Waals surface area (Å²) >= 11 is 0. The number of aliphatic carboxylic acids is 1. The predicted octanol–water partition coefficient (Wildman–Crippen LogP) is 1.82. The highest BCUT2D eigenvalue weighted by molar-refractivity contribution is 7.89. The number of carbonyl (C=O) groups is 1. The van der Waals surface area contributed by atoms with Crippen LogP contribution in [0.2, 0.25) is 0 Å². The maximum Gasteiger partial charge on any atom is 0.317 e. The number of rotatable bonds is 6. The van der Waals surface area contributed by atoms with Crippen molar-refractivity contribution < 1.29 is 27.4 Å². The van der Waals surface area contributed by atoms with E-state index in [-0.39, 0.29) is 24.9 Å². The molecule has 1 aromatic rings. The van der Waals surface area contributed by atoms with Crippen molar-refractivity contribution in [3.05, 3.63) is 35.1 Å². The third-order valence-corrected chi connectivity index (χ3v) is 7.74. The first kappa shape index (κ1) is 21.2. The second-order valence-corrected chi connectivity index (χ2v) is 9.64. The number of benzene rings is 1. The molecular weight excluding hydrogens is 387 g/mol. The van der Waals surface area contributed by atoms with Gasteiger partial charge in [-0.3, -0.25) is 10.1 Å². The van der Waals surface area contributed by atoms with E-state index in [1.54, 1.807) is 12.1 Å². The van der Waals surface area contributed by atoms with Gasteiger partial charge >= 0.3 is 5.97 Å². The molecule has 0 spiro atoms. The first-order valence-corrected chi connectivity index (χ1v) is 11.2. The Morgan fingerprint density at radius 1 is 1.39 bits per heavy atom. The van der Waals surface area contributed by atoms with Gasteiger partial charge in [0.15, 0.2) is 0 Å². The van der Waals surface area contributed by atoms with Crippen LogP contribution >= 0.6 is 0 Å². The van der Waals surface area contributed by atoms with Crippen molar-refractivity contribution in [2.24, 2.45) is 0 Å². The molecule has 28 heavy (non-hydrogen) atoms. The van der Waals surface area contributed by atoms with Crippen LogP contribution < -0.4 is 5.32 Å². The first-order valence-electron chi connectivity index (χ1n) is 9.56. The van der Waals surface area contributed by atoms with E-state index in [1.165, 1.54) is 10.4 Å². The third kappa shape index (κ3) is 4.53. The topological polar surface area (TPSA) is 95.9 Å². The van der Waals surface area contributed by atoms with Crippen molar-refractivity contribution in [1.82, 2.24) is 9.62 Å². The summed E-state index contributed by atoms with van der Waals surface area (Å²) in [7, 11) is -3.38. The van der Waals surface area contributed by atoms with Crippen molar-refractivity contribution in [2.45, 2.75) is 50.7 Å². The molecule has 9 heteroatoms. The Hall–Kier alpha value is -1.55. The molecule has 0 aromatic heterocycles. The average Bonchev–Trinajstić information content (AvgIpc) is 2.64. The lowest BCUT2D eigenvalue weighted by Gasteiger charge is -2.38. The molecule has 2 aliphatic rings. The summed E-state index contributed by atoms with van der Waals surface area (Å²) in [5, 5.41) is 12.1. The third-order valence-electron chi connectivity index (χ3n) is 5.73. The van der Waals surface area contributed by atoms with E-state index >= 15 is 0 Å². The van der Waals surface area contributed by atoms with Gasteiger partial charge in [0.05, 0.1) is 12.3 Å². The normalized spacial score (nSPS) is 24.7. The molecule has 2 saturated heterocycles. The number of hydrogen-bond donors (Lipinski definition) is 2. The van der Waals surface area contributed by atoms with Gasteiger partial charge in [-0.15, -0.1) is 0 Å². The Morgan fingerprint density at radius 2 is 2.11 bits per heavy atom.